The molecule has 3 aromatic rings. The molecule has 0 saturated carbocycles. The van der Waals surface area contributed by atoms with Crippen LogP contribution in [0.4, 0.5) is 0 Å². The molecule has 0 unspecified atom stereocenters. The zero-order valence-electron chi connectivity index (χ0n) is 19.8. The summed E-state index contributed by atoms with van der Waals surface area (Å²) in [7, 11) is 0. The number of pyridine rings is 1. The maximum atomic E-state index is 6.00. The van der Waals surface area contributed by atoms with Gasteiger partial charge in [0.25, 0.3) is 0 Å². The molecule has 6 heteroatoms. The van der Waals surface area contributed by atoms with Crippen LogP contribution in [0.3, 0.4) is 0 Å². The Bertz CT molecular complexity index is 1170. The number of rotatable bonds is 5. The molecule has 1 N–H and O–H groups in total. The van der Waals surface area contributed by atoms with Gasteiger partial charge in [0.2, 0.25) is 0 Å². The van der Waals surface area contributed by atoms with Crippen molar-refractivity contribution in [2.75, 3.05) is 13.2 Å². The average Bonchev–Trinajstić information content (AvgIpc) is 3.50. The van der Waals surface area contributed by atoms with Crippen molar-refractivity contribution in [1.82, 2.24) is 19.8 Å². The fourth-order valence-corrected chi connectivity index (χ4v) is 5.68. The van der Waals surface area contributed by atoms with E-state index in [1.807, 2.05) is 18.3 Å². The molecule has 2 aromatic heterocycles. The lowest BCUT2D eigenvalue weighted by atomic mass is 9.96. The van der Waals surface area contributed by atoms with Gasteiger partial charge in [-0.3, -0.25) is 4.98 Å². The highest BCUT2D eigenvalue weighted by Crippen LogP contribution is 2.42. The van der Waals surface area contributed by atoms with Crippen molar-refractivity contribution in [2.24, 2.45) is 0 Å². The number of hydrogen-bond acceptors (Lipinski definition) is 3. The number of benzene rings is 1. The summed E-state index contributed by atoms with van der Waals surface area (Å²) in [5.74, 6) is 0. The lowest BCUT2D eigenvalue weighted by Crippen LogP contribution is -2.36. The summed E-state index contributed by atoms with van der Waals surface area (Å²) in [5.41, 5.74) is 8.54. The van der Waals surface area contributed by atoms with Crippen LogP contribution in [-0.4, -0.2) is 38.8 Å². The van der Waals surface area contributed by atoms with Crippen molar-refractivity contribution >= 4 is 17.3 Å². The highest BCUT2D eigenvalue weighted by molar-refractivity contribution is 7.80. The minimum Gasteiger partial charge on any atom is -0.376 e. The summed E-state index contributed by atoms with van der Waals surface area (Å²) in [5, 5.41) is 4.37. The first-order valence-electron chi connectivity index (χ1n) is 11.8. The molecule has 2 aliphatic heterocycles. The maximum Gasteiger partial charge on any atom is 0.170 e. The summed E-state index contributed by atoms with van der Waals surface area (Å²) in [6.45, 7) is 10.4. The third-order valence-corrected chi connectivity index (χ3v) is 7.37. The van der Waals surface area contributed by atoms with E-state index in [0.717, 1.165) is 36.8 Å². The SMILES string of the molecule is Cc1ccc(C)c(-n2c(C)cc([C@H]3[C@H](c4ccccn4)NC(=S)N3C[C@@H]3CCCO3)c2C)c1. The Morgan fingerprint density at radius 1 is 1.12 bits per heavy atom. The van der Waals surface area contributed by atoms with E-state index in [1.165, 1.54) is 33.8 Å². The Morgan fingerprint density at radius 2 is 1.97 bits per heavy atom. The Balaban J connectivity index is 1.61. The molecule has 2 saturated heterocycles. The lowest BCUT2D eigenvalue weighted by Gasteiger charge is -2.30. The third-order valence-electron chi connectivity index (χ3n) is 7.02. The molecule has 0 aliphatic carbocycles. The Hall–Kier alpha value is -2.70. The van der Waals surface area contributed by atoms with Crippen LogP contribution in [0.15, 0.2) is 48.7 Å². The van der Waals surface area contributed by atoms with Gasteiger partial charge in [0.15, 0.2) is 5.11 Å². The number of nitrogens with zero attached hydrogens (tertiary/aromatic N) is 3. The van der Waals surface area contributed by atoms with E-state index in [9.17, 15) is 0 Å². The number of aromatic nitrogens is 2. The van der Waals surface area contributed by atoms with Gasteiger partial charge in [-0.2, -0.15) is 0 Å². The first-order valence-corrected chi connectivity index (χ1v) is 12.2. The molecular weight excluding hydrogens is 428 g/mol. The van der Waals surface area contributed by atoms with Gasteiger partial charge in [-0.05, 0) is 93.7 Å². The normalized spacial score (nSPS) is 22.7. The van der Waals surface area contributed by atoms with E-state index in [-0.39, 0.29) is 18.2 Å². The van der Waals surface area contributed by atoms with Gasteiger partial charge in [0.1, 0.15) is 0 Å². The van der Waals surface area contributed by atoms with Crippen LogP contribution in [-0.2, 0) is 4.74 Å². The molecule has 0 amide bonds. The van der Waals surface area contributed by atoms with E-state index in [4.69, 9.17) is 21.9 Å². The van der Waals surface area contributed by atoms with Gasteiger partial charge in [-0.1, -0.05) is 18.2 Å². The minimum absolute atomic E-state index is 0.00680. The third kappa shape index (κ3) is 4.06. The fraction of sp³-hybridized carbons (Fsp3) is 0.407. The number of aryl methyl sites for hydroxylation is 3. The largest absolute Gasteiger partial charge is 0.376 e. The Labute approximate surface area is 201 Å². The second kappa shape index (κ2) is 8.92. The van der Waals surface area contributed by atoms with Crippen LogP contribution in [0.2, 0.25) is 0 Å². The highest BCUT2D eigenvalue weighted by atomic mass is 32.1. The number of hydrogen-bond donors (Lipinski definition) is 1. The summed E-state index contributed by atoms with van der Waals surface area (Å²) >= 11 is 5.87. The van der Waals surface area contributed by atoms with E-state index < -0.39 is 0 Å². The van der Waals surface area contributed by atoms with Gasteiger partial charge in [-0.15, -0.1) is 0 Å². The predicted octanol–water partition coefficient (Wildman–Crippen LogP) is 5.26. The van der Waals surface area contributed by atoms with Crippen molar-refractivity contribution in [2.45, 2.75) is 58.7 Å². The second-order valence-electron chi connectivity index (χ2n) is 9.37. The summed E-state index contributed by atoms with van der Waals surface area (Å²) in [6.07, 6.45) is 4.28. The van der Waals surface area contributed by atoms with Gasteiger partial charge < -0.3 is 19.5 Å². The van der Waals surface area contributed by atoms with E-state index in [2.05, 4.69) is 72.8 Å². The van der Waals surface area contributed by atoms with Crippen molar-refractivity contribution in [3.8, 4) is 5.69 Å². The summed E-state index contributed by atoms with van der Waals surface area (Å²) in [4.78, 5) is 7.03. The van der Waals surface area contributed by atoms with Crippen molar-refractivity contribution in [3.05, 3.63) is 82.4 Å². The standard InChI is InChI=1S/C27H32N4OS/c1-17-10-11-18(2)24(14-17)31-19(3)15-22(20(31)4)26-25(23-9-5-6-12-28-23)29-27(33)30(26)16-21-8-7-13-32-21/h5-6,9-12,14-15,21,25-26H,7-8,13,16H2,1-4H3,(H,29,33)/t21-,25-,26-/m0/s1. The molecule has 5 nitrogen and oxygen atoms in total. The van der Waals surface area contributed by atoms with Crippen LogP contribution in [0.25, 0.3) is 5.69 Å². The van der Waals surface area contributed by atoms with Crippen LogP contribution in [0.1, 0.15) is 58.7 Å². The molecule has 2 fully saturated rings. The fourth-order valence-electron chi connectivity index (χ4n) is 5.37. The predicted molar refractivity (Wildman–Crippen MR) is 136 cm³/mol. The van der Waals surface area contributed by atoms with Crippen molar-refractivity contribution in [3.63, 3.8) is 0 Å². The lowest BCUT2D eigenvalue weighted by molar-refractivity contribution is 0.0842. The second-order valence-corrected chi connectivity index (χ2v) is 9.75. The van der Waals surface area contributed by atoms with Crippen molar-refractivity contribution in [1.29, 1.82) is 0 Å². The molecule has 4 heterocycles. The zero-order chi connectivity index (χ0) is 23.1. The van der Waals surface area contributed by atoms with Gasteiger partial charge in [-0.25, -0.2) is 0 Å². The molecule has 172 valence electrons. The van der Waals surface area contributed by atoms with Gasteiger partial charge in [0.05, 0.1) is 23.9 Å². The summed E-state index contributed by atoms with van der Waals surface area (Å²) < 4.78 is 8.38. The van der Waals surface area contributed by atoms with Gasteiger partial charge >= 0.3 is 0 Å². The Morgan fingerprint density at radius 3 is 2.70 bits per heavy atom. The van der Waals surface area contributed by atoms with Crippen LogP contribution in [0.5, 0.6) is 0 Å². The monoisotopic (exact) mass is 460 g/mol. The first kappa shape index (κ1) is 22.1. The smallest absolute Gasteiger partial charge is 0.170 e. The first-order chi connectivity index (χ1) is 15.9. The molecule has 0 spiro atoms. The minimum atomic E-state index is -0.00680. The van der Waals surface area contributed by atoms with E-state index in [1.54, 1.807) is 0 Å². The van der Waals surface area contributed by atoms with Crippen LogP contribution >= 0.6 is 12.2 Å². The zero-order valence-corrected chi connectivity index (χ0v) is 20.7. The highest BCUT2D eigenvalue weighted by Gasteiger charge is 2.42. The Kier molecular flexibility index (Phi) is 5.97. The number of ether oxygens (including phenoxy) is 1. The van der Waals surface area contributed by atoms with E-state index in [0.29, 0.717) is 0 Å². The van der Waals surface area contributed by atoms with Crippen LogP contribution in [0, 0.1) is 27.7 Å². The van der Waals surface area contributed by atoms with E-state index >= 15 is 0 Å². The maximum absolute atomic E-state index is 6.00. The molecule has 0 bridgehead atoms. The average molecular weight is 461 g/mol. The quantitative estimate of drug-likeness (QED) is 0.526. The molecule has 2 aliphatic rings. The molecule has 1 aromatic carbocycles. The van der Waals surface area contributed by atoms with Gasteiger partial charge in [0, 0.05) is 36.4 Å². The number of nitrogens with one attached hydrogen (secondary N) is 1. The van der Waals surface area contributed by atoms with Crippen LogP contribution < -0.4 is 5.32 Å². The molecule has 0 radical (unpaired) electrons. The topological polar surface area (TPSA) is 42.3 Å². The molecule has 33 heavy (non-hydrogen) atoms. The molecule has 5 rings (SSSR count). The molecule has 3 atom stereocenters. The summed E-state index contributed by atoms with van der Waals surface area (Å²) in [6, 6.07) is 15.1. The molecular formula is C27H32N4OS. The van der Waals surface area contributed by atoms with Crippen molar-refractivity contribution < 1.29 is 4.74 Å². The number of thiocarbonyl (C=S) groups is 1.